The molecule has 0 aromatic heterocycles. The lowest BCUT2D eigenvalue weighted by Crippen LogP contribution is -3.12. The highest BCUT2D eigenvalue weighted by atomic mass is 16.5. The van der Waals surface area contributed by atoms with Crippen molar-refractivity contribution >= 4 is 5.91 Å². The third-order valence-corrected chi connectivity index (χ3v) is 3.77. The number of ether oxygens (including phenoxy) is 1. The Morgan fingerprint density at radius 2 is 2.05 bits per heavy atom. The van der Waals surface area contributed by atoms with Crippen LogP contribution in [-0.2, 0) is 11.3 Å². The van der Waals surface area contributed by atoms with E-state index < -0.39 is 0 Å². The molecule has 20 heavy (non-hydrogen) atoms. The first-order valence-corrected chi connectivity index (χ1v) is 7.44. The number of likely N-dealkylation sites (N-methyl/N-ethyl adjacent to an activating group) is 1. The molecule has 0 bridgehead atoms. The predicted octanol–water partition coefficient (Wildman–Crippen LogP) is 0.767. The van der Waals surface area contributed by atoms with E-state index in [1.165, 1.54) is 10.5 Å². The Hall–Kier alpha value is -1.55. The van der Waals surface area contributed by atoms with Crippen molar-refractivity contribution in [2.24, 2.45) is 0 Å². The molecule has 2 N–H and O–H groups in total. The Bertz CT molecular complexity index is 440. The number of amides is 1. The van der Waals surface area contributed by atoms with E-state index in [-0.39, 0.29) is 11.9 Å². The number of hydrogen-bond donors (Lipinski definition) is 2. The van der Waals surface area contributed by atoms with Gasteiger partial charge in [0.15, 0.2) is 6.04 Å². The molecule has 1 aliphatic rings. The fourth-order valence-electron chi connectivity index (χ4n) is 2.12. The van der Waals surface area contributed by atoms with Crippen molar-refractivity contribution in [2.75, 3.05) is 13.7 Å². The van der Waals surface area contributed by atoms with Crippen molar-refractivity contribution in [2.45, 2.75) is 45.3 Å². The van der Waals surface area contributed by atoms with Gasteiger partial charge in [-0.25, -0.2) is 0 Å². The number of nitrogens with one attached hydrogen (secondary N) is 2. The van der Waals surface area contributed by atoms with Gasteiger partial charge in [0.25, 0.3) is 5.91 Å². The normalized spacial score (nSPS) is 17.4. The van der Waals surface area contributed by atoms with Gasteiger partial charge in [0, 0.05) is 11.6 Å². The second-order valence-electron chi connectivity index (χ2n) is 5.60. The van der Waals surface area contributed by atoms with Gasteiger partial charge in [-0.15, -0.1) is 0 Å². The molecule has 110 valence electrons. The van der Waals surface area contributed by atoms with Gasteiger partial charge < -0.3 is 15.0 Å². The number of carbonyl (C=O) groups excluding carboxylic acids is 1. The molecule has 2 rings (SSSR count). The number of hydrogen-bond acceptors (Lipinski definition) is 2. The Morgan fingerprint density at radius 3 is 2.60 bits per heavy atom. The van der Waals surface area contributed by atoms with Crippen molar-refractivity contribution in [3.63, 3.8) is 0 Å². The van der Waals surface area contributed by atoms with Crippen molar-refractivity contribution in [3.05, 3.63) is 29.8 Å². The van der Waals surface area contributed by atoms with Gasteiger partial charge in [-0.05, 0) is 51.0 Å². The summed E-state index contributed by atoms with van der Waals surface area (Å²) in [7, 11) is 2.06. The smallest absolute Gasteiger partial charge is 0.278 e. The Labute approximate surface area is 121 Å². The van der Waals surface area contributed by atoms with Crippen LogP contribution < -0.4 is 15.0 Å². The van der Waals surface area contributed by atoms with Crippen molar-refractivity contribution < 1.29 is 14.4 Å². The lowest BCUT2D eigenvalue weighted by molar-refractivity contribution is -0.908. The van der Waals surface area contributed by atoms with E-state index in [0.29, 0.717) is 12.6 Å². The first-order chi connectivity index (χ1) is 9.60. The van der Waals surface area contributed by atoms with E-state index >= 15 is 0 Å². The molecular weight excluding hydrogens is 252 g/mol. The first kappa shape index (κ1) is 14.9. The number of benzene rings is 1. The van der Waals surface area contributed by atoms with Crippen LogP contribution in [0.25, 0.3) is 0 Å². The number of carbonyl (C=O) groups is 1. The summed E-state index contributed by atoms with van der Waals surface area (Å²) in [5.74, 6) is 1.06. The Morgan fingerprint density at radius 1 is 1.40 bits per heavy atom. The van der Waals surface area contributed by atoms with Crippen molar-refractivity contribution in [1.82, 2.24) is 5.32 Å². The van der Waals surface area contributed by atoms with Gasteiger partial charge in [-0.1, -0.05) is 0 Å². The minimum atomic E-state index is -0.0258. The third kappa shape index (κ3) is 4.23. The zero-order chi connectivity index (χ0) is 14.5. The van der Waals surface area contributed by atoms with Crippen LogP contribution in [0, 0.1) is 0 Å². The molecule has 0 heterocycles. The van der Waals surface area contributed by atoms with Crippen LogP contribution >= 0.6 is 0 Å². The topological polar surface area (TPSA) is 42.8 Å². The standard InChI is InChI=1S/C16H24N2O2/c1-4-20-15-9-5-13(6-10-15)11-18(3)12(2)16(19)17-14-7-8-14/h5-6,9-10,12,14H,4,7-8,11H2,1-3H3,(H,17,19)/p+1/t12-/m0/s1. The SMILES string of the molecule is CCOc1ccc(C[NH+](C)[C@@H](C)C(=O)NC2CC2)cc1. The molecule has 1 unspecified atom stereocenters. The molecule has 1 fully saturated rings. The minimum absolute atomic E-state index is 0.0258. The van der Waals surface area contributed by atoms with Gasteiger partial charge >= 0.3 is 0 Å². The van der Waals surface area contributed by atoms with E-state index in [9.17, 15) is 4.79 Å². The molecule has 1 aromatic carbocycles. The molecule has 1 amide bonds. The predicted molar refractivity (Wildman–Crippen MR) is 78.8 cm³/mol. The van der Waals surface area contributed by atoms with E-state index in [1.807, 2.05) is 26.0 Å². The van der Waals surface area contributed by atoms with Crippen LogP contribution in [0.4, 0.5) is 0 Å². The minimum Gasteiger partial charge on any atom is -0.494 e. The maximum Gasteiger partial charge on any atom is 0.278 e. The maximum atomic E-state index is 12.0. The lowest BCUT2D eigenvalue weighted by atomic mass is 10.2. The summed E-state index contributed by atoms with van der Waals surface area (Å²) in [4.78, 5) is 13.2. The van der Waals surface area contributed by atoms with Crippen molar-refractivity contribution in [3.8, 4) is 5.75 Å². The monoisotopic (exact) mass is 277 g/mol. The van der Waals surface area contributed by atoms with E-state index in [1.54, 1.807) is 0 Å². The molecule has 0 spiro atoms. The van der Waals surface area contributed by atoms with Crippen LogP contribution in [0.2, 0.25) is 0 Å². The molecule has 2 atom stereocenters. The second-order valence-corrected chi connectivity index (χ2v) is 5.60. The van der Waals surface area contributed by atoms with Gasteiger partial charge in [0.1, 0.15) is 12.3 Å². The summed E-state index contributed by atoms with van der Waals surface area (Å²) in [5.41, 5.74) is 1.22. The zero-order valence-electron chi connectivity index (χ0n) is 12.6. The third-order valence-electron chi connectivity index (χ3n) is 3.77. The van der Waals surface area contributed by atoms with E-state index in [4.69, 9.17) is 4.74 Å². The average molecular weight is 277 g/mol. The largest absolute Gasteiger partial charge is 0.494 e. The van der Waals surface area contributed by atoms with Crippen LogP contribution in [0.3, 0.4) is 0 Å². The van der Waals surface area contributed by atoms with Crippen LogP contribution in [0.5, 0.6) is 5.75 Å². The summed E-state index contributed by atoms with van der Waals surface area (Å²) in [6.07, 6.45) is 2.27. The van der Waals surface area contributed by atoms with Crippen LogP contribution in [-0.4, -0.2) is 31.6 Å². The van der Waals surface area contributed by atoms with E-state index in [2.05, 4.69) is 24.5 Å². The maximum absolute atomic E-state index is 12.0. The number of rotatable bonds is 7. The molecule has 0 aliphatic heterocycles. The summed E-state index contributed by atoms with van der Waals surface area (Å²) < 4.78 is 5.43. The summed E-state index contributed by atoms with van der Waals surface area (Å²) in [6, 6.07) is 8.52. The highest BCUT2D eigenvalue weighted by molar-refractivity contribution is 5.80. The zero-order valence-corrected chi connectivity index (χ0v) is 12.6. The Kier molecular flexibility index (Phi) is 5.01. The number of quaternary nitrogens is 1. The highest BCUT2D eigenvalue weighted by Crippen LogP contribution is 2.18. The van der Waals surface area contributed by atoms with Gasteiger partial charge in [-0.3, -0.25) is 4.79 Å². The lowest BCUT2D eigenvalue weighted by Gasteiger charge is -2.21. The molecule has 4 heteroatoms. The summed E-state index contributed by atoms with van der Waals surface area (Å²) >= 11 is 0. The van der Waals surface area contributed by atoms with Crippen molar-refractivity contribution in [1.29, 1.82) is 0 Å². The molecule has 1 aromatic rings. The molecule has 1 aliphatic carbocycles. The fraction of sp³-hybridized carbons (Fsp3) is 0.562. The molecular formula is C16H25N2O2+. The van der Waals surface area contributed by atoms with Crippen LogP contribution in [0.1, 0.15) is 32.3 Å². The molecule has 0 saturated heterocycles. The first-order valence-electron chi connectivity index (χ1n) is 7.44. The quantitative estimate of drug-likeness (QED) is 0.773. The summed E-state index contributed by atoms with van der Waals surface area (Å²) in [6.45, 7) is 5.49. The summed E-state index contributed by atoms with van der Waals surface area (Å²) in [5, 5.41) is 3.07. The van der Waals surface area contributed by atoms with Gasteiger partial charge in [0.05, 0.1) is 13.7 Å². The highest BCUT2D eigenvalue weighted by Gasteiger charge is 2.29. The van der Waals surface area contributed by atoms with Gasteiger partial charge in [-0.2, -0.15) is 0 Å². The van der Waals surface area contributed by atoms with Crippen LogP contribution in [0.15, 0.2) is 24.3 Å². The molecule has 4 nitrogen and oxygen atoms in total. The fourth-order valence-corrected chi connectivity index (χ4v) is 2.12. The average Bonchev–Trinajstić information content (AvgIpc) is 3.24. The molecule has 1 saturated carbocycles. The van der Waals surface area contributed by atoms with Gasteiger partial charge in [0.2, 0.25) is 0 Å². The molecule has 0 radical (unpaired) electrons. The second kappa shape index (κ2) is 6.75. The van der Waals surface area contributed by atoms with E-state index in [0.717, 1.165) is 25.1 Å². The Balaban J connectivity index is 1.85.